The molecule has 0 saturated carbocycles. The fourth-order valence-corrected chi connectivity index (χ4v) is 1.48. The van der Waals surface area contributed by atoms with Crippen molar-refractivity contribution in [1.29, 1.82) is 0 Å². The molecule has 1 rings (SSSR count). The molecule has 78 valence electrons. The summed E-state index contributed by atoms with van der Waals surface area (Å²) in [4.78, 5) is 0. The van der Waals surface area contributed by atoms with Gasteiger partial charge in [0.05, 0.1) is 6.61 Å². The van der Waals surface area contributed by atoms with Gasteiger partial charge in [-0.1, -0.05) is 6.92 Å². The quantitative estimate of drug-likeness (QED) is 0.709. The van der Waals surface area contributed by atoms with Gasteiger partial charge in [0.25, 0.3) is 0 Å². The first kappa shape index (κ1) is 11.0. The minimum Gasteiger partial charge on any atom is -0.353 e. The maximum absolute atomic E-state index is 5.62. The number of rotatable bonds is 5. The smallest absolute Gasteiger partial charge is 0.157 e. The van der Waals surface area contributed by atoms with Crippen molar-refractivity contribution in [3.05, 3.63) is 0 Å². The maximum atomic E-state index is 5.62. The van der Waals surface area contributed by atoms with Gasteiger partial charge >= 0.3 is 0 Å². The lowest BCUT2D eigenvalue weighted by molar-refractivity contribution is -0.168. The van der Waals surface area contributed by atoms with Crippen LogP contribution < -0.4 is 5.73 Å². The van der Waals surface area contributed by atoms with Crippen LogP contribution in [0.3, 0.4) is 0 Å². The fourth-order valence-electron chi connectivity index (χ4n) is 1.48. The Kier molecular flexibility index (Phi) is 5.35. The van der Waals surface area contributed by atoms with Crippen LogP contribution in [-0.4, -0.2) is 26.0 Å². The molecule has 1 saturated heterocycles. The minimum atomic E-state index is 0.0500. The molecule has 0 spiro atoms. The van der Waals surface area contributed by atoms with Crippen molar-refractivity contribution < 1.29 is 9.47 Å². The van der Waals surface area contributed by atoms with Crippen molar-refractivity contribution in [2.24, 2.45) is 11.7 Å². The molecule has 0 aromatic rings. The molecule has 3 heteroatoms. The van der Waals surface area contributed by atoms with Gasteiger partial charge in [0.15, 0.2) is 6.29 Å². The van der Waals surface area contributed by atoms with Crippen molar-refractivity contribution in [1.82, 2.24) is 0 Å². The van der Waals surface area contributed by atoms with Crippen molar-refractivity contribution in [2.75, 3.05) is 19.8 Å². The van der Waals surface area contributed by atoms with Crippen LogP contribution in [0.15, 0.2) is 0 Å². The van der Waals surface area contributed by atoms with E-state index in [9.17, 15) is 0 Å². The predicted molar refractivity (Wildman–Crippen MR) is 52.4 cm³/mol. The number of nitrogens with two attached hydrogens (primary N) is 1. The third-order valence-electron chi connectivity index (χ3n) is 2.36. The lowest BCUT2D eigenvalue weighted by atomic mass is 10.1. The molecule has 1 aliphatic rings. The molecule has 0 aliphatic carbocycles. The zero-order valence-corrected chi connectivity index (χ0v) is 8.50. The fraction of sp³-hybridized carbons (Fsp3) is 1.00. The summed E-state index contributed by atoms with van der Waals surface area (Å²) in [5.74, 6) is 0.551. The number of hydrogen-bond acceptors (Lipinski definition) is 3. The highest BCUT2D eigenvalue weighted by atomic mass is 16.7. The summed E-state index contributed by atoms with van der Waals surface area (Å²) in [5, 5.41) is 0. The van der Waals surface area contributed by atoms with Gasteiger partial charge in [-0.25, -0.2) is 0 Å². The molecule has 0 amide bonds. The normalized spacial score (nSPS) is 25.8. The van der Waals surface area contributed by atoms with Crippen LogP contribution in [0.5, 0.6) is 0 Å². The van der Waals surface area contributed by atoms with E-state index in [0.29, 0.717) is 5.92 Å². The van der Waals surface area contributed by atoms with Gasteiger partial charge in [-0.3, -0.25) is 0 Å². The zero-order valence-electron chi connectivity index (χ0n) is 8.50. The molecule has 0 radical (unpaired) electrons. The highest BCUT2D eigenvalue weighted by Gasteiger charge is 2.14. The van der Waals surface area contributed by atoms with Crippen molar-refractivity contribution in [2.45, 2.75) is 38.9 Å². The first-order valence-corrected chi connectivity index (χ1v) is 5.26. The largest absolute Gasteiger partial charge is 0.353 e. The van der Waals surface area contributed by atoms with Gasteiger partial charge in [-0.15, -0.1) is 0 Å². The molecule has 2 unspecified atom stereocenters. The summed E-state index contributed by atoms with van der Waals surface area (Å²) in [6.45, 7) is 4.55. The lowest BCUT2D eigenvalue weighted by Gasteiger charge is -2.24. The van der Waals surface area contributed by atoms with Crippen LogP contribution in [0, 0.1) is 5.92 Å². The highest BCUT2D eigenvalue weighted by Crippen LogP contribution is 2.15. The van der Waals surface area contributed by atoms with Crippen LogP contribution in [0.2, 0.25) is 0 Å². The van der Waals surface area contributed by atoms with E-state index in [1.807, 2.05) is 0 Å². The Morgan fingerprint density at radius 3 is 3.00 bits per heavy atom. The van der Waals surface area contributed by atoms with Gasteiger partial charge in [-0.2, -0.15) is 0 Å². The van der Waals surface area contributed by atoms with Gasteiger partial charge in [0, 0.05) is 6.61 Å². The minimum absolute atomic E-state index is 0.0500. The highest BCUT2D eigenvalue weighted by molar-refractivity contribution is 4.56. The Hall–Kier alpha value is -0.120. The van der Waals surface area contributed by atoms with E-state index in [1.54, 1.807) is 0 Å². The molecule has 0 bridgehead atoms. The van der Waals surface area contributed by atoms with E-state index in [1.165, 1.54) is 12.8 Å². The molecular formula is C10H21NO2. The molecule has 13 heavy (non-hydrogen) atoms. The molecule has 0 aromatic heterocycles. The lowest BCUT2D eigenvalue weighted by Crippen LogP contribution is -2.25. The van der Waals surface area contributed by atoms with E-state index in [2.05, 4.69) is 6.92 Å². The topological polar surface area (TPSA) is 44.5 Å². The Morgan fingerprint density at radius 2 is 2.38 bits per heavy atom. The standard InChI is InChI=1S/C10H21NO2/c1-9(5-6-11)8-13-10-4-2-3-7-12-10/h9-10H,2-8,11H2,1H3. The Balaban J connectivity index is 2.03. The first-order valence-electron chi connectivity index (χ1n) is 5.26. The van der Waals surface area contributed by atoms with E-state index in [4.69, 9.17) is 15.2 Å². The average Bonchev–Trinajstić information content (AvgIpc) is 2.17. The Bertz CT molecular complexity index is 124. The summed E-state index contributed by atoms with van der Waals surface area (Å²) >= 11 is 0. The van der Waals surface area contributed by atoms with Gasteiger partial charge in [-0.05, 0) is 38.1 Å². The third-order valence-corrected chi connectivity index (χ3v) is 2.36. The van der Waals surface area contributed by atoms with E-state index >= 15 is 0 Å². The molecular weight excluding hydrogens is 166 g/mol. The molecule has 3 nitrogen and oxygen atoms in total. The zero-order chi connectivity index (χ0) is 9.52. The van der Waals surface area contributed by atoms with Crippen molar-refractivity contribution >= 4 is 0 Å². The summed E-state index contributed by atoms with van der Waals surface area (Å²) in [6.07, 6.45) is 4.55. The predicted octanol–water partition coefficient (Wildman–Crippen LogP) is 1.51. The van der Waals surface area contributed by atoms with E-state index < -0.39 is 0 Å². The van der Waals surface area contributed by atoms with Gasteiger partial charge < -0.3 is 15.2 Å². The van der Waals surface area contributed by atoms with Crippen LogP contribution in [0.1, 0.15) is 32.6 Å². The SMILES string of the molecule is CC(CCN)COC1CCCCO1. The molecule has 1 heterocycles. The summed E-state index contributed by atoms with van der Waals surface area (Å²) in [6, 6.07) is 0. The van der Waals surface area contributed by atoms with Crippen LogP contribution in [0.25, 0.3) is 0 Å². The summed E-state index contributed by atoms with van der Waals surface area (Å²) in [5.41, 5.74) is 5.45. The van der Waals surface area contributed by atoms with Crippen LogP contribution in [-0.2, 0) is 9.47 Å². The molecule has 2 N–H and O–H groups in total. The van der Waals surface area contributed by atoms with Crippen LogP contribution in [0.4, 0.5) is 0 Å². The van der Waals surface area contributed by atoms with Crippen molar-refractivity contribution in [3.63, 3.8) is 0 Å². The Morgan fingerprint density at radius 1 is 1.54 bits per heavy atom. The third kappa shape index (κ3) is 4.60. The van der Waals surface area contributed by atoms with E-state index in [0.717, 1.165) is 32.6 Å². The number of ether oxygens (including phenoxy) is 2. The monoisotopic (exact) mass is 187 g/mol. The molecule has 1 fully saturated rings. The second-order valence-electron chi connectivity index (χ2n) is 3.81. The second kappa shape index (κ2) is 6.35. The average molecular weight is 187 g/mol. The number of hydrogen-bond donors (Lipinski definition) is 1. The molecule has 0 aromatic carbocycles. The summed E-state index contributed by atoms with van der Waals surface area (Å²) in [7, 11) is 0. The van der Waals surface area contributed by atoms with Gasteiger partial charge in [0.2, 0.25) is 0 Å². The van der Waals surface area contributed by atoms with Crippen molar-refractivity contribution in [3.8, 4) is 0 Å². The summed E-state index contributed by atoms with van der Waals surface area (Å²) < 4.78 is 11.1. The van der Waals surface area contributed by atoms with Gasteiger partial charge in [0.1, 0.15) is 0 Å². The molecule has 1 aliphatic heterocycles. The Labute approximate surface area is 80.6 Å². The van der Waals surface area contributed by atoms with E-state index in [-0.39, 0.29) is 6.29 Å². The van der Waals surface area contributed by atoms with Crippen LogP contribution >= 0.6 is 0 Å². The molecule has 2 atom stereocenters. The second-order valence-corrected chi connectivity index (χ2v) is 3.81. The first-order chi connectivity index (χ1) is 6.33. The maximum Gasteiger partial charge on any atom is 0.157 e.